The number of amides is 2. The summed E-state index contributed by atoms with van der Waals surface area (Å²) in [6.45, 7) is 3.74. The predicted octanol–water partition coefficient (Wildman–Crippen LogP) is 1.28. The van der Waals surface area contributed by atoms with Crippen molar-refractivity contribution in [2.75, 3.05) is 25.7 Å². The minimum absolute atomic E-state index is 0.215. The Bertz CT molecular complexity index is 434. The van der Waals surface area contributed by atoms with E-state index in [9.17, 15) is 19.2 Å². The summed E-state index contributed by atoms with van der Waals surface area (Å²) in [5.41, 5.74) is 0. The highest BCUT2D eigenvalue weighted by molar-refractivity contribution is 8.76. The number of hydrogen-bond acceptors (Lipinski definition) is 8. The van der Waals surface area contributed by atoms with E-state index in [1.165, 1.54) is 35.8 Å². The van der Waals surface area contributed by atoms with Gasteiger partial charge in [0, 0.05) is 24.3 Å². The summed E-state index contributed by atoms with van der Waals surface area (Å²) in [6, 6.07) is -1.52. The number of carbonyl (C=O) groups is 4. The maximum absolute atomic E-state index is 11.8. The van der Waals surface area contributed by atoms with Crippen molar-refractivity contribution in [1.29, 1.82) is 0 Å². The van der Waals surface area contributed by atoms with Gasteiger partial charge in [0.05, 0.1) is 14.2 Å². The number of esters is 2. The third-order valence-electron chi connectivity index (χ3n) is 3.15. The van der Waals surface area contributed by atoms with E-state index in [-0.39, 0.29) is 23.3 Å². The first-order valence-corrected chi connectivity index (χ1v) is 10.9. The van der Waals surface area contributed by atoms with Gasteiger partial charge in [0.15, 0.2) is 0 Å². The van der Waals surface area contributed by atoms with Crippen LogP contribution in [0.4, 0.5) is 0 Å². The standard InChI is InChI=1S/C16H28N2O6S2/c1-5-7-13(19)17-11(15(21)23-3)9-25-26-10-12(16(22)24-4)18-14(20)8-6-2/h11-12H,5-10H2,1-4H3,(H,17,19)(H,18,20). The SMILES string of the molecule is CCCC(=O)NC(CSSCC(NC(=O)CCC)C(=O)OC)C(=O)OC. The second-order valence-corrected chi connectivity index (χ2v) is 7.91. The Hall–Kier alpha value is -1.42. The largest absolute Gasteiger partial charge is 0.467 e. The van der Waals surface area contributed by atoms with Crippen LogP contribution in [-0.2, 0) is 28.7 Å². The smallest absolute Gasteiger partial charge is 0.329 e. The van der Waals surface area contributed by atoms with Gasteiger partial charge in [-0.15, -0.1) is 0 Å². The molecule has 2 unspecified atom stereocenters. The Morgan fingerprint density at radius 2 is 1.12 bits per heavy atom. The van der Waals surface area contributed by atoms with Crippen LogP contribution >= 0.6 is 21.6 Å². The molecule has 0 saturated carbocycles. The first-order chi connectivity index (χ1) is 12.4. The summed E-state index contributed by atoms with van der Waals surface area (Å²) in [6.07, 6.45) is 2.03. The lowest BCUT2D eigenvalue weighted by atomic mass is 10.3. The topological polar surface area (TPSA) is 111 Å². The molecule has 0 aromatic rings. The molecule has 0 saturated heterocycles. The molecule has 0 aliphatic carbocycles. The van der Waals surface area contributed by atoms with Gasteiger partial charge in [-0.25, -0.2) is 9.59 Å². The molecule has 0 spiro atoms. The van der Waals surface area contributed by atoms with Gasteiger partial charge >= 0.3 is 11.9 Å². The molecule has 0 fully saturated rings. The normalized spacial score (nSPS) is 12.6. The maximum Gasteiger partial charge on any atom is 0.329 e. The van der Waals surface area contributed by atoms with Crippen LogP contribution in [0, 0.1) is 0 Å². The molecule has 150 valence electrons. The van der Waals surface area contributed by atoms with Crippen LogP contribution in [0.5, 0.6) is 0 Å². The Kier molecular flexibility index (Phi) is 13.9. The third kappa shape index (κ3) is 10.5. The van der Waals surface area contributed by atoms with Gasteiger partial charge in [-0.05, 0) is 12.8 Å². The van der Waals surface area contributed by atoms with Crippen molar-refractivity contribution < 1.29 is 28.7 Å². The number of ether oxygens (including phenoxy) is 2. The van der Waals surface area contributed by atoms with Crippen LogP contribution in [0.3, 0.4) is 0 Å². The molecule has 0 rings (SSSR count). The average Bonchev–Trinajstić information content (AvgIpc) is 2.62. The van der Waals surface area contributed by atoms with E-state index in [4.69, 9.17) is 9.47 Å². The third-order valence-corrected chi connectivity index (χ3v) is 5.57. The van der Waals surface area contributed by atoms with E-state index in [1.54, 1.807) is 0 Å². The monoisotopic (exact) mass is 408 g/mol. The van der Waals surface area contributed by atoms with Gasteiger partial charge in [-0.1, -0.05) is 35.4 Å². The minimum Gasteiger partial charge on any atom is -0.467 e. The second-order valence-electron chi connectivity index (χ2n) is 5.36. The Labute approximate surface area is 162 Å². The summed E-state index contributed by atoms with van der Waals surface area (Å²) in [5.74, 6) is -0.917. The highest BCUT2D eigenvalue weighted by Crippen LogP contribution is 2.23. The van der Waals surface area contributed by atoms with Crippen LogP contribution in [0.2, 0.25) is 0 Å². The van der Waals surface area contributed by atoms with Crippen LogP contribution in [0.1, 0.15) is 39.5 Å². The van der Waals surface area contributed by atoms with E-state index in [1.807, 2.05) is 13.8 Å². The highest BCUT2D eigenvalue weighted by atomic mass is 33.1. The number of hydrogen-bond donors (Lipinski definition) is 2. The average molecular weight is 409 g/mol. The van der Waals surface area contributed by atoms with E-state index in [2.05, 4.69) is 10.6 Å². The summed E-state index contributed by atoms with van der Waals surface area (Å²) in [4.78, 5) is 46.9. The molecule has 0 aromatic heterocycles. The first-order valence-electron chi connectivity index (χ1n) is 8.38. The van der Waals surface area contributed by atoms with Crippen molar-refractivity contribution in [1.82, 2.24) is 10.6 Å². The Morgan fingerprint density at radius 1 is 0.769 bits per heavy atom. The number of rotatable bonds is 13. The molecule has 0 heterocycles. The summed E-state index contributed by atoms with van der Waals surface area (Å²) < 4.78 is 9.39. The van der Waals surface area contributed by atoms with E-state index < -0.39 is 24.0 Å². The van der Waals surface area contributed by atoms with Gasteiger partial charge in [-0.3, -0.25) is 9.59 Å². The van der Waals surface area contributed by atoms with Crippen molar-refractivity contribution in [2.45, 2.75) is 51.6 Å². The molecule has 2 amide bonds. The van der Waals surface area contributed by atoms with Gasteiger partial charge in [0.2, 0.25) is 11.8 Å². The van der Waals surface area contributed by atoms with Gasteiger partial charge in [0.1, 0.15) is 12.1 Å². The molecule has 0 aliphatic heterocycles. The zero-order valence-electron chi connectivity index (χ0n) is 15.7. The quantitative estimate of drug-likeness (QED) is 0.266. The minimum atomic E-state index is -0.761. The van der Waals surface area contributed by atoms with E-state index >= 15 is 0 Å². The Balaban J connectivity index is 4.51. The van der Waals surface area contributed by atoms with Crippen molar-refractivity contribution in [3.8, 4) is 0 Å². The summed E-state index contributed by atoms with van der Waals surface area (Å²) >= 11 is 0. The summed E-state index contributed by atoms with van der Waals surface area (Å²) in [7, 11) is 5.13. The van der Waals surface area contributed by atoms with Crippen molar-refractivity contribution >= 4 is 45.3 Å². The zero-order valence-corrected chi connectivity index (χ0v) is 17.3. The van der Waals surface area contributed by atoms with E-state index in [0.717, 1.165) is 0 Å². The van der Waals surface area contributed by atoms with Crippen molar-refractivity contribution in [3.05, 3.63) is 0 Å². The summed E-state index contributed by atoms with van der Waals surface area (Å²) in [5, 5.41) is 5.26. The molecule has 0 aromatic carbocycles. The molecule has 26 heavy (non-hydrogen) atoms. The fraction of sp³-hybridized carbons (Fsp3) is 0.750. The van der Waals surface area contributed by atoms with Crippen molar-refractivity contribution in [3.63, 3.8) is 0 Å². The molecule has 0 aliphatic rings. The maximum atomic E-state index is 11.8. The van der Waals surface area contributed by atoms with Crippen molar-refractivity contribution in [2.24, 2.45) is 0 Å². The Morgan fingerprint density at radius 3 is 1.38 bits per heavy atom. The molecule has 8 nitrogen and oxygen atoms in total. The molecule has 0 radical (unpaired) electrons. The molecular weight excluding hydrogens is 380 g/mol. The van der Waals surface area contributed by atoms with Gasteiger partial charge in [0.25, 0.3) is 0 Å². The number of methoxy groups -OCH3 is 2. The lowest BCUT2D eigenvalue weighted by Gasteiger charge is -2.18. The van der Waals surface area contributed by atoms with Crippen LogP contribution in [0.25, 0.3) is 0 Å². The first kappa shape index (κ1) is 24.6. The zero-order chi connectivity index (χ0) is 19.9. The fourth-order valence-corrected chi connectivity index (χ4v) is 4.14. The predicted molar refractivity (Wildman–Crippen MR) is 103 cm³/mol. The molecular formula is C16H28N2O6S2. The lowest BCUT2D eigenvalue weighted by molar-refractivity contribution is -0.144. The van der Waals surface area contributed by atoms with Crippen LogP contribution in [0.15, 0.2) is 0 Å². The second kappa shape index (κ2) is 14.7. The van der Waals surface area contributed by atoms with Gasteiger partial charge < -0.3 is 20.1 Å². The number of carbonyl (C=O) groups excluding carboxylic acids is 4. The number of nitrogens with one attached hydrogen (secondary N) is 2. The molecule has 10 heteroatoms. The molecule has 2 N–H and O–H groups in total. The van der Waals surface area contributed by atoms with Crippen LogP contribution in [-0.4, -0.2) is 61.6 Å². The van der Waals surface area contributed by atoms with Gasteiger partial charge in [-0.2, -0.15) is 0 Å². The molecule has 0 bridgehead atoms. The fourth-order valence-electron chi connectivity index (χ4n) is 1.84. The lowest BCUT2D eigenvalue weighted by Crippen LogP contribution is -2.44. The highest BCUT2D eigenvalue weighted by Gasteiger charge is 2.24. The van der Waals surface area contributed by atoms with Crippen LogP contribution < -0.4 is 10.6 Å². The molecule has 2 atom stereocenters. The van der Waals surface area contributed by atoms with E-state index in [0.29, 0.717) is 25.7 Å².